The van der Waals surface area contributed by atoms with Gasteiger partial charge in [0, 0.05) is 19.3 Å². The Hall–Kier alpha value is -1.42. The molecule has 0 saturated carbocycles. The Morgan fingerprint density at radius 1 is 1.50 bits per heavy atom. The van der Waals surface area contributed by atoms with Gasteiger partial charge in [-0.05, 0) is 12.1 Å². The average Bonchev–Trinajstić information content (AvgIpc) is 2.27. The number of carbonyl (C=O) groups is 1. The van der Waals surface area contributed by atoms with Gasteiger partial charge in [0.05, 0.1) is 18.8 Å². The van der Waals surface area contributed by atoms with Crippen molar-refractivity contribution in [3.63, 3.8) is 0 Å². The summed E-state index contributed by atoms with van der Waals surface area (Å²) in [5.74, 6) is 0.0827. The molecule has 0 aliphatic rings. The highest BCUT2D eigenvalue weighted by Crippen LogP contribution is 1.98. The molecule has 4 nitrogen and oxygen atoms in total. The third kappa shape index (κ3) is 4.40. The van der Waals surface area contributed by atoms with Crippen LogP contribution in [0.1, 0.15) is 19.5 Å². The molecule has 0 fully saturated rings. The molecule has 0 spiro atoms. The van der Waals surface area contributed by atoms with Crippen LogP contribution in [0.15, 0.2) is 24.4 Å². The van der Waals surface area contributed by atoms with Gasteiger partial charge in [0.1, 0.15) is 0 Å². The van der Waals surface area contributed by atoms with Crippen LogP contribution in [0.3, 0.4) is 0 Å². The molecular weight excluding hydrogens is 202 g/mol. The van der Waals surface area contributed by atoms with Crippen LogP contribution >= 0.6 is 0 Å². The Kier molecular flexibility index (Phi) is 4.92. The minimum atomic E-state index is 0.0827. The van der Waals surface area contributed by atoms with E-state index in [1.54, 1.807) is 18.1 Å². The highest BCUT2D eigenvalue weighted by molar-refractivity contribution is 5.77. The number of amides is 1. The second-order valence-electron chi connectivity index (χ2n) is 4.11. The van der Waals surface area contributed by atoms with E-state index in [0.717, 1.165) is 5.69 Å². The summed E-state index contributed by atoms with van der Waals surface area (Å²) in [4.78, 5) is 17.5. The van der Waals surface area contributed by atoms with E-state index in [-0.39, 0.29) is 5.91 Å². The summed E-state index contributed by atoms with van der Waals surface area (Å²) in [6.45, 7) is 4.97. The summed E-state index contributed by atoms with van der Waals surface area (Å²) in [7, 11) is 1.79. The first-order valence-corrected chi connectivity index (χ1v) is 5.47. The quantitative estimate of drug-likeness (QED) is 0.808. The first-order valence-electron chi connectivity index (χ1n) is 5.47. The van der Waals surface area contributed by atoms with E-state index in [4.69, 9.17) is 0 Å². The van der Waals surface area contributed by atoms with Gasteiger partial charge in [-0.15, -0.1) is 0 Å². The largest absolute Gasteiger partial charge is 0.339 e. The molecule has 16 heavy (non-hydrogen) atoms. The van der Waals surface area contributed by atoms with Crippen LogP contribution in [0.25, 0.3) is 0 Å². The molecule has 88 valence electrons. The van der Waals surface area contributed by atoms with E-state index < -0.39 is 0 Å². The molecular formula is C12H19N3O. The number of pyridine rings is 1. The highest BCUT2D eigenvalue weighted by Gasteiger charge is 2.09. The first kappa shape index (κ1) is 12.6. The number of hydrogen-bond donors (Lipinski definition) is 1. The smallest absolute Gasteiger partial charge is 0.236 e. The lowest BCUT2D eigenvalue weighted by atomic mass is 10.3. The predicted molar refractivity (Wildman–Crippen MR) is 63.8 cm³/mol. The molecule has 1 rings (SSSR count). The molecule has 4 heteroatoms. The second kappa shape index (κ2) is 6.23. The lowest BCUT2D eigenvalue weighted by molar-refractivity contribution is -0.129. The van der Waals surface area contributed by atoms with E-state index in [1.807, 2.05) is 32.0 Å². The Morgan fingerprint density at radius 3 is 2.81 bits per heavy atom. The minimum absolute atomic E-state index is 0.0827. The van der Waals surface area contributed by atoms with Gasteiger partial charge < -0.3 is 10.2 Å². The third-order valence-corrected chi connectivity index (χ3v) is 2.21. The summed E-state index contributed by atoms with van der Waals surface area (Å²) < 4.78 is 0. The number of likely N-dealkylation sites (N-methyl/N-ethyl adjacent to an activating group) is 1. The molecule has 0 radical (unpaired) electrons. The monoisotopic (exact) mass is 221 g/mol. The molecule has 1 aromatic heterocycles. The normalized spacial score (nSPS) is 10.5. The maximum absolute atomic E-state index is 11.7. The average molecular weight is 221 g/mol. The van der Waals surface area contributed by atoms with Crippen LogP contribution in [0.2, 0.25) is 0 Å². The van der Waals surface area contributed by atoms with Crippen molar-refractivity contribution >= 4 is 5.91 Å². The Labute approximate surface area is 96.7 Å². The van der Waals surface area contributed by atoms with Crippen molar-refractivity contribution in [1.29, 1.82) is 0 Å². The van der Waals surface area contributed by atoms with Crippen molar-refractivity contribution < 1.29 is 4.79 Å². The number of rotatable bonds is 5. The predicted octanol–water partition coefficient (Wildman–Crippen LogP) is 1.04. The Bertz CT molecular complexity index is 324. The summed E-state index contributed by atoms with van der Waals surface area (Å²) in [5, 5.41) is 3.10. The number of nitrogens with zero attached hydrogens (tertiary/aromatic N) is 2. The summed E-state index contributed by atoms with van der Waals surface area (Å²) in [6, 6.07) is 6.03. The third-order valence-electron chi connectivity index (χ3n) is 2.21. The fraction of sp³-hybridized carbons (Fsp3) is 0.500. The molecule has 0 aromatic carbocycles. The van der Waals surface area contributed by atoms with Crippen LogP contribution in [0, 0.1) is 0 Å². The van der Waals surface area contributed by atoms with Crippen LogP contribution in [0.5, 0.6) is 0 Å². The summed E-state index contributed by atoms with van der Waals surface area (Å²) in [5.41, 5.74) is 0.905. The Balaban J connectivity index is 2.40. The summed E-state index contributed by atoms with van der Waals surface area (Å²) in [6.07, 6.45) is 1.74. The van der Waals surface area contributed by atoms with Gasteiger partial charge in [-0.1, -0.05) is 19.9 Å². The van der Waals surface area contributed by atoms with Crippen LogP contribution in [0.4, 0.5) is 0 Å². The van der Waals surface area contributed by atoms with Crippen LogP contribution in [-0.4, -0.2) is 35.4 Å². The fourth-order valence-electron chi connectivity index (χ4n) is 1.25. The van der Waals surface area contributed by atoms with Crippen LogP contribution < -0.4 is 5.32 Å². The summed E-state index contributed by atoms with van der Waals surface area (Å²) >= 11 is 0. The molecule has 0 aliphatic carbocycles. The standard InChI is InChI=1S/C12H19N3O/c1-10(2)14-8-12(16)15(3)9-11-6-4-5-7-13-11/h4-7,10,14H,8-9H2,1-3H3. The number of nitrogens with one attached hydrogen (secondary N) is 1. The van der Waals surface area contributed by atoms with E-state index >= 15 is 0 Å². The van der Waals surface area contributed by atoms with E-state index in [1.165, 1.54) is 0 Å². The number of aromatic nitrogens is 1. The zero-order valence-electron chi connectivity index (χ0n) is 10.1. The van der Waals surface area contributed by atoms with Crippen molar-refractivity contribution in [1.82, 2.24) is 15.2 Å². The van der Waals surface area contributed by atoms with Crippen molar-refractivity contribution in [2.75, 3.05) is 13.6 Å². The van der Waals surface area contributed by atoms with Crippen molar-refractivity contribution in [2.45, 2.75) is 26.4 Å². The van der Waals surface area contributed by atoms with Gasteiger partial charge in [-0.3, -0.25) is 9.78 Å². The highest BCUT2D eigenvalue weighted by atomic mass is 16.2. The molecule has 0 saturated heterocycles. The van der Waals surface area contributed by atoms with E-state index in [2.05, 4.69) is 10.3 Å². The number of hydrogen-bond acceptors (Lipinski definition) is 3. The molecule has 0 atom stereocenters. The lowest BCUT2D eigenvalue weighted by Gasteiger charge is -2.17. The van der Waals surface area contributed by atoms with Gasteiger partial charge in [0.2, 0.25) is 5.91 Å². The van der Waals surface area contributed by atoms with Gasteiger partial charge in [0.15, 0.2) is 0 Å². The topological polar surface area (TPSA) is 45.2 Å². The molecule has 1 amide bonds. The van der Waals surface area contributed by atoms with Crippen molar-refractivity contribution in [3.05, 3.63) is 30.1 Å². The van der Waals surface area contributed by atoms with Crippen molar-refractivity contribution in [2.24, 2.45) is 0 Å². The van der Waals surface area contributed by atoms with Crippen molar-refractivity contribution in [3.8, 4) is 0 Å². The van der Waals surface area contributed by atoms with E-state index in [0.29, 0.717) is 19.1 Å². The Morgan fingerprint density at radius 2 is 2.25 bits per heavy atom. The number of carbonyl (C=O) groups excluding carboxylic acids is 1. The molecule has 1 N–H and O–H groups in total. The maximum Gasteiger partial charge on any atom is 0.236 e. The second-order valence-corrected chi connectivity index (χ2v) is 4.11. The zero-order valence-corrected chi connectivity index (χ0v) is 10.1. The maximum atomic E-state index is 11.7. The molecule has 0 bridgehead atoms. The first-order chi connectivity index (χ1) is 7.59. The molecule has 1 heterocycles. The molecule has 0 unspecified atom stereocenters. The molecule has 1 aromatic rings. The zero-order chi connectivity index (χ0) is 12.0. The fourth-order valence-corrected chi connectivity index (χ4v) is 1.25. The minimum Gasteiger partial charge on any atom is -0.339 e. The van der Waals surface area contributed by atoms with Gasteiger partial charge >= 0.3 is 0 Å². The van der Waals surface area contributed by atoms with Gasteiger partial charge in [-0.25, -0.2) is 0 Å². The van der Waals surface area contributed by atoms with Gasteiger partial charge in [-0.2, -0.15) is 0 Å². The lowest BCUT2D eigenvalue weighted by Crippen LogP contribution is -2.37. The van der Waals surface area contributed by atoms with Gasteiger partial charge in [0.25, 0.3) is 0 Å². The molecule has 0 aliphatic heterocycles. The van der Waals surface area contributed by atoms with Crippen LogP contribution in [-0.2, 0) is 11.3 Å². The van der Waals surface area contributed by atoms with E-state index in [9.17, 15) is 4.79 Å². The SMILES string of the molecule is CC(C)NCC(=O)N(C)Cc1ccccn1.